The average molecular weight is 310 g/mol. The van der Waals surface area contributed by atoms with Crippen molar-refractivity contribution in [2.75, 3.05) is 46.0 Å². The largest absolute Gasteiger partial charge is 0.396 e. The molecule has 1 aromatic rings. The molecule has 0 bridgehead atoms. The van der Waals surface area contributed by atoms with Gasteiger partial charge in [-0.3, -0.25) is 9.80 Å². The lowest BCUT2D eigenvalue weighted by molar-refractivity contribution is 0.0342. The second-order valence-corrected chi connectivity index (χ2v) is 5.73. The van der Waals surface area contributed by atoms with Gasteiger partial charge in [0.1, 0.15) is 5.82 Å². The summed E-state index contributed by atoms with van der Waals surface area (Å²) in [7, 11) is 0. The SMILES string of the molecule is CCOCCN1CCN(Cc2ccccc2F)[C@H](CCO)C1. The normalized spacial score (nSPS) is 20.4. The molecule has 22 heavy (non-hydrogen) atoms. The smallest absolute Gasteiger partial charge is 0.127 e. The number of rotatable bonds is 8. The lowest BCUT2D eigenvalue weighted by atomic mass is 10.1. The summed E-state index contributed by atoms with van der Waals surface area (Å²) in [5.74, 6) is -0.149. The summed E-state index contributed by atoms with van der Waals surface area (Å²) in [5.41, 5.74) is 0.730. The van der Waals surface area contributed by atoms with Gasteiger partial charge in [0.15, 0.2) is 0 Å². The number of nitrogens with zero attached hydrogens (tertiary/aromatic N) is 2. The maximum absolute atomic E-state index is 13.8. The molecule has 1 aliphatic heterocycles. The van der Waals surface area contributed by atoms with Gasteiger partial charge in [-0.1, -0.05) is 18.2 Å². The number of piperazine rings is 1. The molecule has 0 radical (unpaired) electrons. The zero-order chi connectivity index (χ0) is 15.8. The van der Waals surface area contributed by atoms with E-state index in [1.165, 1.54) is 6.07 Å². The molecule has 0 aromatic heterocycles. The lowest BCUT2D eigenvalue weighted by Crippen LogP contribution is -2.53. The first-order valence-corrected chi connectivity index (χ1v) is 8.13. The Morgan fingerprint density at radius 1 is 1.32 bits per heavy atom. The van der Waals surface area contributed by atoms with E-state index in [0.717, 1.165) is 51.4 Å². The van der Waals surface area contributed by atoms with E-state index < -0.39 is 0 Å². The summed E-state index contributed by atoms with van der Waals surface area (Å²) < 4.78 is 19.3. The van der Waals surface area contributed by atoms with Crippen LogP contribution in [0, 0.1) is 5.82 Å². The van der Waals surface area contributed by atoms with E-state index in [2.05, 4.69) is 9.80 Å². The Labute approximate surface area is 132 Å². The van der Waals surface area contributed by atoms with Crippen molar-refractivity contribution >= 4 is 0 Å². The van der Waals surface area contributed by atoms with Crippen LogP contribution in [0.2, 0.25) is 0 Å². The summed E-state index contributed by atoms with van der Waals surface area (Å²) in [6.45, 7) is 7.94. The van der Waals surface area contributed by atoms with E-state index in [-0.39, 0.29) is 18.5 Å². The van der Waals surface area contributed by atoms with E-state index in [4.69, 9.17) is 4.74 Å². The molecule has 1 fully saturated rings. The second-order valence-electron chi connectivity index (χ2n) is 5.73. The predicted molar refractivity (Wildman–Crippen MR) is 85.2 cm³/mol. The van der Waals surface area contributed by atoms with Crippen molar-refractivity contribution < 1.29 is 14.2 Å². The van der Waals surface area contributed by atoms with Crippen LogP contribution in [0.4, 0.5) is 4.39 Å². The van der Waals surface area contributed by atoms with E-state index in [0.29, 0.717) is 6.54 Å². The molecule has 4 nitrogen and oxygen atoms in total. The third-order valence-corrected chi connectivity index (χ3v) is 4.24. The number of ether oxygens (including phenoxy) is 1. The molecule has 0 saturated carbocycles. The predicted octanol–water partition coefficient (Wildman–Crippen LogP) is 1.73. The maximum atomic E-state index is 13.8. The molecular formula is C17H27FN2O2. The first kappa shape index (κ1) is 17.3. The summed E-state index contributed by atoms with van der Waals surface area (Å²) in [6.07, 6.45) is 0.722. The van der Waals surface area contributed by atoms with Gasteiger partial charge in [0.05, 0.1) is 6.61 Å². The van der Waals surface area contributed by atoms with Gasteiger partial charge in [-0.05, 0) is 19.4 Å². The van der Waals surface area contributed by atoms with Crippen LogP contribution in [0.1, 0.15) is 18.9 Å². The number of aliphatic hydroxyl groups is 1. The molecule has 0 amide bonds. The van der Waals surface area contributed by atoms with Crippen molar-refractivity contribution in [1.82, 2.24) is 9.80 Å². The first-order valence-electron chi connectivity index (χ1n) is 8.13. The van der Waals surface area contributed by atoms with Crippen LogP contribution in [0.15, 0.2) is 24.3 Å². The minimum Gasteiger partial charge on any atom is -0.396 e. The van der Waals surface area contributed by atoms with Gasteiger partial charge in [0.2, 0.25) is 0 Å². The molecule has 5 heteroatoms. The summed E-state index contributed by atoms with van der Waals surface area (Å²) in [5, 5.41) is 9.31. The molecule has 1 aliphatic rings. The topological polar surface area (TPSA) is 35.9 Å². The summed E-state index contributed by atoms with van der Waals surface area (Å²) in [4.78, 5) is 4.65. The van der Waals surface area contributed by atoms with Crippen molar-refractivity contribution in [3.8, 4) is 0 Å². The Hall–Kier alpha value is -1.01. The van der Waals surface area contributed by atoms with Crippen LogP contribution in [0.5, 0.6) is 0 Å². The van der Waals surface area contributed by atoms with Crippen LogP contribution < -0.4 is 0 Å². The molecule has 1 heterocycles. The van der Waals surface area contributed by atoms with Crippen molar-refractivity contribution in [3.05, 3.63) is 35.6 Å². The monoisotopic (exact) mass is 310 g/mol. The molecule has 0 aliphatic carbocycles. The maximum Gasteiger partial charge on any atom is 0.127 e. The molecule has 1 N–H and O–H groups in total. The Balaban J connectivity index is 1.92. The lowest BCUT2D eigenvalue weighted by Gasteiger charge is -2.41. The third kappa shape index (κ3) is 5.02. The fourth-order valence-corrected chi connectivity index (χ4v) is 2.97. The Bertz CT molecular complexity index is 444. The highest BCUT2D eigenvalue weighted by molar-refractivity contribution is 5.17. The van der Waals surface area contributed by atoms with E-state index in [1.54, 1.807) is 6.07 Å². The molecule has 2 rings (SSSR count). The van der Waals surface area contributed by atoms with Crippen LogP contribution in [-0.2, 0) is 11.3 Å². The van der Waals surface area contributed by atoms with E-state index in [1.807, 2.05) is 19.1 Å². The number of hydrogen-bond acceptors (Lipinski definition) is 4. The van der Waals surface area contributed by atoms with E-state index in [9.17, 15) is 9.50 Å². The quantitative estimate of drug-likeness (QED) is 0.742. The van der Waals surface area contributed by atoms with Gasteiger partial charge in [-0.2, -0.15) is 0 Å². The minimum atomic E-state index is -0.149. The Morgan fingerprint density at radius 3 is 2.86 bits per heavy atom. The Morgan fingerprint density at radius 2 is 2.14 bits per heavy atom. The van der Waals surface area contributed by atoms with Gasteiger partial charge in [0, 0.05) is 57.5 Å². The molecule has 1 saturated heterocycles. The van der Waals surface area contributed by atoms with Crippen molar-refractivity contribution in [2.24, 2.45) is 0 Å². The molecule has 0 spiro atoms. The highest BCUT2D eigenvalue weighted by atomic mass is 19.1. The third-order valence-electron chi connectivity index (χ3n) is 4.24. The second kappa shape index (κ2) is 9.20. The molecule has 0 unspecified atom stereocenters. The average Bonchev–Trinajstić information content (AvgIpc) is 2.52. The van der Waals surface area contributed by atoms with Crippen molar-refractivity contribution in [1.29, 1.82) is 0 Å². The van der Waals surface area contributed by atoms with E-state index >= 15 is 0 Å². The summed E-state index contributed by atoms with van der Waals surface area (Å²) in [6, 6.07) is 7.20. The zero-order valence-electron chi connectivity index (χ0n) is 13.4. The van der Waals surface area contributed by atoms with Crippen molar-refractivity contribution in [2.45, 2.75) is 25.9 Å². The number of halogens is 1. The molecular weight excluding hydrogens is 283 g/mol. The molecule has 1 aromatic carbocycles. The fraction of sp³-hybridized carbons (Fsp3) is 0.647. The Kier molecular flexibility index (Phi) is 7.25. The van der Waals surface area contributed by atoms with Gasteiger partial charge in [-0.25, -0.2) is 4.39 Å². The fourth-order valence-electron chi connectivity index (χ4n) is 2.97. The highest BCUT2D eigenvalue weighted by Gasteiger charge is 2.26. The summed E-state index contributed by atoms with van der Waals surface area (Å²) >= 11 is 0. The number of hydrogen-bond donors (Lipinski definition) is 1. The first-order chi connectivity index (χ1) is 10.7. The van der Waals surface area contributed by atoms with Crippen LogP contribution in [0.3, 0.4) is 0 Å². The van der Waals surface area contributed by atoms with Gasteiger partial charge < -0.3 is 9.84 Å². The molecule has 124 valence electrons. The molecule has 1 atom stereocenters. The van der Waals surface area contributed by atoms with Gasteiger partial charge >= 0.3 is 0 Å². The standard InChI is InChI=1S/C17H27FN2O2/c1-2-22-12-10-19-8-9-20(16(14-19)7-11-21)13-15-5-3-4-6-17(15)18/h3-6,16,21H,2,7-14H2,1H3/t16-/m1/s1. The number of aliphatic hydroxyl groups excluding tert-OH is 1. The van der Waals surface area contributed by atoms with Crippen LogP contribution >= 0.6 is 0 Å². The zero-order valence-corrected chi connectivity index (χ0v) is 13.4. The van der Waals surface area contributed by atoms with Crippen molar-refractivity contribution in [3.63, 3.8) is 0 Å². The van der Waals surface area contributed by atoms with Gasteiger partial charge in [-0.15, -0.1) is 0 Å². The number of benzene rings is 1. The van der Waals surface area contributed by atoms with Crippen LogP contribution in [-0.4, -0.2) is 66.9 Å². The minimum absolute atomic E-state index is 0.149. The highest BCUT2D eigenvalue weighted by Crippen LogP contribution is 2.18. The van der Waals surface area contributed by atoms with Crippen LogP contribution in [0.25, 0.3) is 0 Å². The van der Waals surface area contributed by atoms with Gasteiger partial charge in [0.25, 0.3) is 0 Å².